The van der Waals surface area contributed by atoms with Crippen molar-refractivity contribution in [2.24, 2.45) is 0 Å². The van der Waals surface area contributed by atoms with E-state index in [1.54, 1.807) is 6.92 Å². The van der Waals surface area contributed by atoms with Gasteiger partial charge in [-0.25, -0.2) is 4.79 Å². The van der Waals surface area contributed by atoms with Gasteiger partial charge in [0.05, 0.1) is 7.11 Å². The van der Waals surface area contributed by atoms with Crippen LogP contribution in [0.4, 0.5) is 0 Å². The number of hydrogen-bond acceptors (Lipinski definition) is 5. The van der Waals surface area contributed by atoms with Crippen LogP contribution in [0.2, 0.25) is 0 Å². The van der Waals surface area contributed by atoms with E-state index in [2.05, 4.69) is 19.4 Å². The highest BCUT2D eigenvalue weighted by molar-refractivity contribution is 5.83. The van der Waals surface area contributed by atoms with Gasteiger partial charge in [-0.3, -0.25) is 0 Å². The molecule has 1 aromatic rings. The maximum absolute atomic E-state index is 10.6. The molecule has 0 bridgehead atoms. The molecule has 5 nitrogen and oxygen atoms in total. The number of aryl methyl sites for hydroxylation is 1. The van der Waals surface area contributed by atoms with E-state index >= 15 is 0 Å². The van der Waals surface area contributed by atoms with Gasteiger partial charge in [0.1, 0.15) is 0 Å². The molecule has 1 aromatic heterocycles. The molecule has 0 saturated heterocycles. The lowest BCUT2D eigenvalue weighted by molar-refractivity contribution is 0.0545. The van der Waals surface area contributed by atoms with Crippen LogP contribution in [-0.4, -0.2) is 23.2 Å². The van der Waals surface area contributed by atoms with E-state index < -0.39 is 5.97 Å². The van der Waals surface area contributed by atoms with E-state index in [0.717, 1.165) is 0 Å². The summed E-state index contributed by atoms with van der Waals surface area (Å²) in [7, 11) is 1.25. The molecule has 0 amide bonds. The minimum Gasteiger partial charge on any atom is -0.462 e. The highest BCUT2D eigenvalue weighted by Crippen LogP contribution is 1.96. The first-order valence-corrected chi connectivity index (χ1v) is 2.62. The largest absolute Gasteiger partial charge is 0.462 e. The molecule has 0 aliphatic heterocycles. The number of carbonyl (C=O) groups excluding carboxylic acids is 1. The summed E-state index contributed by atoms with van der Waals surface area (Å²) in [6.45, 7) is 1.62. The van der Waals surface area contributed by atoms with Crippen molar-refractivity contribution in [1.82, 2.24) is 10.1 Å². The van der Waals surface area contributed by atoms with Crippen molar-refractivity contribution in [2.45, 2.75) is 6.92 Å². The van der Waals surface area contributed by atoms with Crippen molar-refractivity contribution < 1.29 is 14.1 Å². The predicted octanol–water partition coefficient (Wildman–Crippen LogP) is 0.165. The highest BCUT2D eigenvalue weighted by atomic mass is 16.6. The van der Waals surface area contributed by atoms with E-state index in [1.165, 1.54) is 7.11 Å². The zero-order valence-corrected chi connectivity index (χ0v) is 5.62. The molecule has 0 fully saturated rings. The van der Waals surface area contributed by atoms with Gasteiger partial charge < -0.3 is 9.26 Å². The Kier molecular flexibility index (Phi) is 1.66. The Morgan fingerprint density at radius 3 is 2.80 bits per heavy atom. The zero-order valence-electron chi connectivity index (χ0n) is 5.62. The Hall–Kier alpha value is -1.39. The molecule has 5 heteroatoms. The summed E-state index contributed by atoms with van der Waals surface area (Å²) < 4.78 is 8.80. The Morgan fingerprint density at radius 1 is 1.70 bits per heavy atom. The van der Waals surface area contributed by atoms with Gasteiger partial charge in [-0.1, -0.05) is 5.16 Å². The van der Waals surface area contributed by atoms with Crippen molar-refractivity contribution in [1.29, 1.82) is 0 Å². The first-order valence-electron chi connectivity index (χ1n) is 2.62. The van der Waals surface area contributed by atoms with Crippen LogP contribution in [0.25, 0.3) is 0 Å². The minimum absolute atomic E-state index is 0.111. The van der Waals surface area contributed by atoms with Gasteiger partial charge in [-0.05, 0) is 6.92 Å². The molecule has 0 aliphatic rings. The van der Waals surface area contributed by atoms with Crippen LogP contribution in [0.5, 0.6) is 0 Å². The molecule has 0 unspecified atom stereocenters. The highest BCUT2D eigenvalue weighted by Gasteiger charge is 2.12. The summed E-state index contributed by atoms with van der Waals surface area (Å²) in [6, 6.07) is 0. The maximum atomic E-state index is 10.6. The van der Waals surface area contributed by atoms with E-state index in [-0.39, 0.29) is 5.89 Å². The van der Waals surface area contributed by atoms with Crippen molar-refractivity contribution >= 4 is 5.97 Å². The SMILES string of the molecule is COC(=O)c1nc(C)no1. The number of ether oxygens (including phenoxy) is 1. The second kappa shape index (κ2) is 2.47. The molecular weight excluding hydrogens is 136 g/mol. The average molecular weight is 142 g/mol. The molecule has 0 aromatic carbocycles. The number of nitrogens with zero attached hydrogens (tertiary/aromatic N) is 2. The van der Waals surface area contributed by atoms with E-state index in [9.17, 15) is 4.79 Å². The van der Waals surface area contributed by atoms with Crippen LogP contribution in [0, 0.1) is 6.92 Å². The topological polar surface area (TPSA) is 65.2 Å². The number of esters is 1. The predicted molar refractivity (Wildman–Crippen MR) is 30.4 cm³/mol. The van der Waals surface area contributed by atoms with Crippen LogP contribution in [0.15, 0.2) is 4.52 Å². The standard InChI is InChI=1S/C5H6N2O3/c1-3-6-4(10-7-3)5(8)9-2/h1-2H3. The summed E-state index contributed by atoms with van der Waals surface area (Å²) in [6.07, 6.45) is 0. The number of methoxy groups -OCH3 is 1. The molecule has 0 saturated carbocycles. The fourth-order valence-electron chi connectivity index (χ4n) is 0.467. The third kappa shape index (κ3) is 1.12. The maximum Gasteiger partial charge on any atom is 0.397 e. The smallest absolute Gasteiger partial charge is 0.397 e. The Balaban J connectivity index is 2.85. The van der Waals surface area contributed by atoms with Crippen molar-refractivity contribution in [3.63, 3.8) is 0 Å². The number of hydrogen-bond donors (Lipinski definition) is 0. The second-order valence-electron chi connectivity index (χ2n) is 1.64. The van der Waals surface area contributed by atoms with E-state index in [1.807, 2.05) is 0 Å². The van der Waals surface area contributed by atoms with Crippen LogP contribution >= 0.6 is 0 Å². The molecule has 0 spiro atoms. The van der Waals surface area contributed by atoms with Crippen molar-refractivity contribution in [3.05, 3.63) is 11.7 Å². The van der Waals surface area contributed by atoms with Crippen LogP contribution in [0.3, 0.4) is 0 Å². The van der Waals surface area contributed by atoms with E-state index in [0.29, 0.717) is 5.82 Å². The molecule has 0 radical (unpaired) electrons. The normalized spacial score (nSPS) is 9.40. The van der Waals surface area contributed by atoms with E-state index in [4.69, 9.17) is 0 Å². The lowest BCUT2D eigenvalue weighted by atomic mass is 10.6. The summed E-state index contributed by atoms with van der Waals surface area (Å²) in [5, 5.41) is 3.40. The molecule has 0 atom stereocenters. The molecule has 54 valence electrons. The fourth-order valence-corrected chi connectivity index (χ4v) is 0.467. The number of aromatic nitrogens is 2. The monoisotopic (exact) mass is 142 g/mol. The quantitative estimate of drug-likeness (QED) is 0.522. The molecule has 10 heavy (non-hydrogen) atoms. The van der Waals surface area contributed by atoms with Gasteiger partial charge >= 0.3 is 11.9 Å². The Morgan fingerprint density at radius 2 is 2.40 bits per heavy atom. The Labute approximate surface area is 57.0 Å². The Bertz CT molecular complexity index is 243. The summed E-state index contributed by atoms with van der Waals surface area (Å²) in [5.74, 6) is -0.305. The molecule has 0 aliphatic carbocycles. The molecular formula is C5H6N2O3. The number of carbonyl (C=O) groups is 1. The van der Waals surface area contributed by atoms with Crippen LogP contribution < -0.4 is 0 Å². The third-order valence-corrected chi connectivity index (χ3v) is 0.888. The van der Waals surface area contributed by atoms with Gasteiger partial charge in [-0.15, -0.1) is 0 Å². The lowest BCUT2D eigenvalue weighted by Gasteiger charge is -1.86. The molecule has 1 heterocycles. The second-order valence-corrected chi connectivity index (χ2v) is 1.64. The summed E-state index contributed by atoms with van der Waals surface area (Å²) in [4.78, 5) is 14.2. The zero-order chi connectivity index (χ0) is 7.56. The molecule has 1 rings (SSSR count). The van der Waals surface area contributed by atoms with Gasteiger partial charge in [-0.2, -0.15) is 4.98 Å². The van der Waals surface area contributed by atoms with Crippen LogP contribution in [-0.2, 0) is 4.74 Å². The first kappa shape index (κ1) is 6.73. The average Bonchev–Trinajstić information content (AvgIpc) is 2.34. The van der Waals surface area contributed by atoms with Crippen LogP contribution in [0.1, 0.15) is 16.5 Å². The van der Waals surface area contributed by atoms with Crippen molar-refractivity contribution in [2.75, 3.05) is 7.11 Å². The fraction of sp³-hybridized carbons (Fsp3) is 0.400. The number of rotatable bonds is 1. The van der Waals surface area contributed by atoms with Gasteiger partial charge in [0, 0.05) is 0 Å². The summed E-state index contributed by atoms with van der Waals surface area (Å²) >= 11 is 0. The summed E-state index contributed by atoms with van der Waals surface area (Å²) in [5.41, 5.74) is 0. The van der Waals surface area contributed by atoms with Gasteiger partial charge in [0.2, 0.25) is 0 Å². The molecule has 0 N–H and O–H groups in total. The minimum atomic E-state index is -0.611. The van der Waals surface area contributed by atoms with Gasteiger partial charge in [0.15, 0.2) is 5.82 Å². The lowest BCUT2D eigenvalue weighted by Crippen LogP contribution is -2.00. The first-order chi connectivity index (χ1) is 4.74. The third-order valence-electron chi connectivity index (χ3n) is 0.888. The van der Waals surface area contributed by atoms with Gasteiger partial charge in [0.25, 0.3) is 0 Å². The van der Waals surface area contributed by atoms with Crippen molar-refractivity contribution in [3.8, 4) is 0 Å².